The predicted molar refractivity (Wildman–Crippen MR) is 87.6 cm³/mol. The van der Waals surface area contributed by atoms with Crippen LogP contribution in [0.2, 0.25) is 0 Å². The smallest absolute Gasteiger partial charge is 0.226 e. The van der Waals surface area contributed by atoms with Crippen molar-refractivity contribution in [2.24, 2.45) is 0 Å². The topological polar surface area (TPSA) is 46.9 Å². The van der Waals surface area contributed by atoms with Crippen molar-refractivity contribution in [1.82, 2.24) is 9.78 Å². The van der Waals surface area contributed by atoms with Crippen LogP contribution in [0.4, 0.5) is 10.2 Å². The summed E-state index contributed by atoms with van der Waals surface area (Å²) >= 11 is 1.54. The standard InChI is InChI=1S/C16H20FN3OS/c1-3-12(2)20-15(8-10-18-20)19-16(21)9-11-22-14-6-4-13(17)5-7-14/h4-8,10,12H,3,9,11H2,1-2H3,(H,19,21). The maximum Gasteiger partial charge on any atom is 0.226 e. The Kier molecular flexibility index (Phi) is 6.00. The van der Waals surface area contributed by atoms with Gasteiger partial charge in [-0.1, -0.05) is 6.92 Å². The van der Waals surface area contributed by atoms with Gasteiger partial charge in [0.2, 0.25) is 5.91 Å². The van der Waals surface area contributed by atoms with Crippen molar-refractivity contribution in [2.75, 3.05) is 11.1 Å². The Balaban J connectivity index is 1.81. The molecule has 1 unspecified atom stereocenters. The molecular formula is C16H20FN3OS. The van der Waals surface area contributed by atoms with Crippen molar-refractivity contribution < 1.29 is 9.18 Å². The lowest BCUT2D eigenvalue weighted by Gasteiger charge is -2.14. The van der Waals surface area contributed by atoms with Crippen LogP contribution in [0.3, 0.4) is 0 Å². The van der Waals surface area contributed by atoms with E-state index in [0.717, 1.165) is 17.1 Å². The molecule has 0 saturated carbocycles. The highest BCUT2D eigenvalue weighted by Crippen LogP contribution is 2.20. The van der Waals surface area contributed by atoms with E-state index in [2.05, 4.69) is 24.3 Å². The van der Waals surface area contributed by atoms with Gasteiger partial charge in [0.05, 0.1) is 12.2 Å². The molecule has 1 heterocycles. The first-order valence-electron chi connectivity index (χ1n) is 7.32. The molecule has 2 rings (SSSR count). The van der Waals surface area contributed by atoms with E-state index in [1.807, 2.05) is 4.68 Å². The Morgan fingerprint density at radius 2 is 2.09 bits per heavy atom. The lowest BCUT2D eigenvalue weighted by Crippen LogP contribution is -2.17. The zero-order valence-corrected chi connectivity index (χ0v) is 13.6. The normalized spacial score (nSPS) is 12.1. The lowest BCUT2D eigenvalue weighted by molar-refractivity contribution is -0.115. The van der Waals surface area contributed by atoms with Gasteiger partial charge in [0.1, 0.15) is 11.6 Å². The molecule has 1 aromatic heterocycles. The van der Waals surface area contributed by atoms with Gasteiger partial charge in [-0.2, -0.15) is 5.10 Å². The second kappa shape index (κ2) is 7.98. The van der Waals surface area contributed by atoms with Gasteiger partial charge >= 0.3 is 0 Å². The maximum absolute atomic E-state index is 12.8. The van der Waals surface area contributed by atoms with Crippen LogP contribution in [0, 0.1) is 5.82 Å². The Labute approximate surface area is 134 Å². The number of carbonyl (C=O) groups is 1. The van der Waals surface area contributed by atoms with Gasteiger partial charge in [-0.05, 0) is 37.6 Å². The fraction of sp³-hybridized carbons (Fsp3) is 0.375. The molecule has 0 bridgehead atoms. The van der Waals surface area contributed by atoms with Crippen LogP contribution >= 0.6 is 11.8 Å². The van der Waals surface area contributed by atoms with Gasteiger partial charge in [-0.15, -0.1) is 11.8 Å². The third-order valence-corrected chi connectivity index (χ3v) is 4.37. The minimum atomic E-state index is -0.250. The molecule has 0 radical (unpaired) electrons. The van der Waals surface area contributed by atoms with Crippen molar-refractivity contribution in [1.29, 1.82) is 0 Å². The molecule has 2 aromatic rings. The van der Waals surface area contributed by atoms with E-state index < -0.39 is 0 Å². The van der Waals surface area contributed by atoms with Crippen LogP contribution in [0.15, 0.2) is 41.4 Å². The molecule has 118 valence electrons. The summed E-state index contributed by atoms with van der Waals surface area (Å²) in [4.78, 5) is 12.9. The monoisotopic (exact) mass is 321 g/mol. The summed E-state index contributed by atoms with van der Waals surface area (Å²) in [5, 5.41) is 7.13. The van der Waals surface area contributed by atoms with E-state index in [0.29, 0.717) is 12.2 Å². The highest BCUT2D eigenvalue weighted by molar-refractivity contribution is 7.99. The number of aromatic nitrogens is 2. The van der Waals surface area contributed by atoms with Crippen molar-refractivity contribution in [3.05, 3.63) is 42.3 Å². The Morgan fingerprint density at radius 1 is 1.36 bits per heavy atom. The first-order valence-corrected chi connectivity index (χ1v) is 8.30. The molecule has 0 saturated heterocycles. The second-order valence-electron chi connectivity index (χ2n) is 5.02. The summed E-state index contributed by atoms with van der Waals surface area (Å²) in [6.07, 6.45) is 3.04. The summed E-state index contributed by atoms with van der Waals surface area (Å²) in [6, 6.07) is 8.34. The molecule has 0 spiro atoms. The zero-order chi connectivity index (χ0) is 15.9. The van der Waals surface area contributed by atoms with Gasteiger partial charge in [0, 0.05) is 23.1 Å². The Bertz CT molecular complexity index is 612. The first-order chi connectivity index (χ1) is 10.6. The van der Waals surface area contributed by atoms with E-state index in [1.54, 1.807) is 24.4 Å². The summed E-state index contributed by atoms with van der Waals surface area (Å²) in [6.45, 7) is 4.14. The van der Waals surface area contributed by atoms with Gasteiger partial charge in [0.15, 0.2) is 0 Å². The molecule has 1 atom stereocenters. The quantitative estimate of drug-likeness (QED) is 0.781. The largest absolute Gasteiger partial charge is 0.311 e. The molecule has 0 aliphatic rings. The Morgan fingerprint density at radius 3 is 2.77 bits per heavy atom. The highest BCUT2D eigenvalue weighted by Gasteiger charge is 2.11. The summed E-state index contributed by atoms with van der Waals surface area (Å²) < 4.78 is 14.6. The van der Waals surface area contributed by atoms with Crippen LogP contribution in [0.5, 0.6) is 0 Å². The van der Waals surface area contributed by atoms with Crippen LogP contribution in [-0.2, 0) is 4.79 Å². The number of benzene rings is 1. The Hall–Kier alpha value is -1.82. The summed E-state index contributed by atoms with van der Waals surface area (Å²) in [5.74, 6) is 1.08. The van der Waals surface area contributed by atoms with E-state index in [1.165, 1.54) is 23.9 Å². The molecule has 1 amide bonds. The number of amides is 1. The predicted octanol–water partition coefficient (Wildman–Crippen LogP) is 4.11. The lowest BCUT2D eigenvalue weighted by atomic mass is 10.3. The molecule has 0 fully saturated rings. The third kappa shape index (κ3) is 4.59. The number of hydrogen-bond acceptors (Lipinski definition) is 3. The van der Waals surface area contributed by atoms with E-state index >= 15 is 0 Å². The number of nitrogens with zero attached hydrogens (tertiary/aromatic N) is 2. The van der Waals surface area contributed by atoms with Crippen LogP contribution in [-0.4, -0.2) is 21.4 Å². The van der Waals surface area contributed by atoms with E-state index in [4.69, 9.17) is 0 Å². The average molecular weight is 321 g/mol. The van der Waals surface area contributed by atoms with Crippen molar-refractivity contribution in [3.63, 3.8) is 0 Å². The molecule has 6 heteroatoms. The van der Waals surface area contributed by atoms with Crippen molar-refractivity contribution in [2.45, 2.75) is 37.6 Å². The number of carbonyl (C=O) groups excluding carboxylic acids is 1. The fourth-order valence-electron chi connectivity index (χ4n) is 1.94. The minimum Gasteiger partial charge on any atom is -0.311 e. The van der Waals surface area contributed by atoms with Crippen molar-refractivity contribution in [3.8, 4) is 0 Å². The molecule has 1 N–H and O–H groups in total. The van der Waals surface area contributed by atoms with Crippen LogP contribution in [0.1, 0.15) is 32.7 Å². The van der Waals surface area contributed by atoms with E-state index in [9.17, 15) is 9.18 Å². The molecule has 1 aromatic carbocycles. The number of thioether (sulfide) groups is 1. The SMILES string of the molecule is CCC(C)n1nccc1NC(=O)CCSc1ccc(F)cc1. The molecule has 0 aliphatic carbocycles. The minimum absolute atomic E-state index is 0.0420. The van der Waals surface area contributed by atoms with Crippen LogP contribution < -0.4 is 5.32 Å². The molecule has 0 aliphatic heterocycles. The van der Waals surface area contributed by atoms with Crippen LogP contribution in [0.25, 0.3) is 0 Å². The fourth-order valence-corrected chi connectivity index (χ4v) is 2.79. The summed E-state index contributed by atoms with van der Waals surface area (Å²) in [7, 11) is 0. The van der Waals surface area contributed by atoms with Gasteiger partial charge in [-0.25, -0.2) is 9.07 Å². The van der Waals surface area contributed by atoms with Crippen molar-refractivity contribution >= 4 is 23.5 Å². The number of halogens is 1. The number of hydrogen-bond donors (Lipinski definition) is 1. The molecule has 4 nitrogen and oxygen atoms in total. The average Bonchev–Trinajstić information content (AvgIpc) is 2.96. The zero-order valence-electron chi connectivity index (χ0n) is 12.8. The highest BCUT2D eigenvalue weighted by atomic mass is 32.2. The third-order valence-electron chi connectivity index (χ3n) is 3.36. The summed E-state index contributed by atoms with van der Waals surface area (Å²) in [5.41, 5.74) is 0. The molecule has 22 heavy (non-hydrogen) atoms. The molecular weight excluding hydrogens is 301 g/mol. The van der Waals surface area contributed by atoms with Gasteiger partial charge < -0.3 is 5.32 Å². The maximum atomic E-state index is 12.8. The second-order valence-corrected chi connectivity index (χ2v) is 6.19. The van der Waals surface area contributed by atoms with Gasteiger partial charge in [0.25, 0.3) is 0 Å². The van der Waals surface area contributed by atoms with Gasteiger partial charge in [-0.3, -0.25) is 4.79 Å². The number of anilines is 1. The number of rotatable bonds is 7. The first kappa shape index (κ1) is 16.5. The number of nitrogens with one attached hydrogen (secondary N) is 1. The van der Waals surface area contributed by atoms with E-state index in [-0.39, 0.29) is 17.8 Å².